The lowest BCUT2D eigenvalue weighted by molar-refractivity contribution is 0.838. The van der Waals surface area contributed by atoms with Gasteiger partial charge in [-0.2, -0.15) is 0 Å². The van der Waals surface area contributed by atoms with Crippen LogP contribution in [0.2, 0.25) is 0 Å². The number of hydrogen-bond donors (Lipinski definition) is 1. The molecule has 0 aliphatic carbocycles. The molecule has 0 amide bonds. The Labute approximate surface area is 110 Å². The fraction of sp³-hybridized carbons (Fsp3) is 0.143. The smallest absolute Gasteiger partial charge is 0.184 e. The van der Waals surface area contributed by atoms with Crippen molar-refractivity contribution in [2.24, 2.45) is 0 Å². The molecule has 2 aromatic heterocycles. The number of hydrogen-bond acceptors (Lipinski definition) is 4. The third kappa shape index (κ3) is 2.19. The van der Waals surface area contributed by atoms with Crippen LogP contribution in [-0.2, 0) is 0 Å². The molecule has 3 nitrogen and oxygen atoms in total. The molecule has 1 aromatic carbocycles. The number of rotatable bonds is 3. The number of fused-ring (bicyclic) bond motifs is 1. The molecule has 4 heteroatoms. The van der Waals surface area contributed by atoms with Crippen molar-refractivity contribution in [2.45, 2.75) is 13.0 Å². The minimum Gasteiger partial charge on any atom is -0.353 e. The summed E-state index contributed by atoms with van der Waals surface area (Å²) in [5, 5.41) is 4.33. The molecule has 0 fully saturated rings. The van der Waals surface area contributed by atoms with E-state index in [0.29, 0.717) is 0 Å². The van der Waals surface area contributed by atoms with Crippen LogP contribution in [0.4, 0.5) is 5.13 Å². The summed E-state index contributed by atoms with van der Waals surface area (Å²) in [6.45, 7) is 2.09. The third-order valence-electron chi connectivity index (χ3n) is 2.77. The third-order valence-corrected chi connectivity index (χ3v) is 3.73. The highest BCUT2D eigenvalue weighted by Crippen LogP contribution is 2.27. The summed E-state index contributed by atoms with van der Waals surface area (Å²) < 4.78 is 1.20. The largest absolute Gasteiger partial charge is 0.353 e. The Kier molecular flexibility index (Phi) is 2.94. The zero-order chi connectivity index (χ0) is 12.4. The highest BCUT2D eigenvalue weighted by atomic mass is 32.1. The second-order valence-corrected chi connectivity index (χ2v) is 5.14. The quantitative estimate of drug-likeness (QED) is 0.772. The lowest BCUT2D eigenvalue weighted by atomic mass is 10.2. The summed E-state index contributed by atoms with van der Waals surface area (Å²) in [5.41, 5.74) is 2.06. The fourth-order valence-electron chi connectivity index (χ4n) is 1.83. The van der Waals surface area contributed by atoms with Crippen molar-refractivity contribution in [3.05, 3.63) is 54.4 Å². The summed E-state index contributed by atoms with van der Waals surface area (Å²) >= 11 is 1.67. The summed E-state index contributed by atoms with van der Waals surface area (Å²) in [5.74, 6) is 0. The van der Waals surface area contributed by atoms with Crippen molar-refractivity contribution in [3.8, 4) is 0 Å². The van der Waals surface area contributed by atoms with E-state index in [4.69, 9.17) is 0 Å². The molecule has 1 atom stereocenters. The van der Waals surface area contributed by atoms with E-state index >= 15 is 0 Å². The highest BCUT2D eigenvalue weighted by Gasteiger charge is 2.09. The van der Waals surface area contributed by atoms with Crippen molar-refractivity contribution in [3.63, 3.8) is 0 Å². The van der Waals surface area contributed by atoms with E-state index in [1.807, 2.05) is 42.6 Å². The van der Waals surface area contributed by atoms with Crippen molar-refractivity contribution in [1.82, 2.24) is 9.97 Å². The van der Waals surface area contributed by atoms with Gasteiger partial charge in [0.25, 0.3) is 0 Å². The van der Waals surface area contributed by atoms with Crippen LogP contribution in [-0.4, -0.2) is 9.97 Å². The summed E-state index contributed by atoms with van der Waals surface area (Å²) in [4.78, 5) is 8.90. The zero-order valence-electron chi connectivity index (χ0n) is 10.00. The molecule has 1 unspecified atom stereocenters. The van der Waals surface area contributed by atoms with Crippen LogP contribution in [0.5, 0.6) is 0 Å². The average molecular weight is 255 g/mol. The maximum absolute atomic E-state index is 4.56. The van der Waals surface area contributed by atoms with Crippen molar-refractivity contribution in [2.75, 3.05) is 5.32 Å². The van der Waals surface area contributed by atoms with Gasteiger partial charge in [-0.25, -0.2) is 4.98 Å². The second kappa shape index (κ2) is 4.74. The van der Waals surface area contributed by atoms with E-state index in [-0.39, 0.29) is 6.04 Å². The maximum Gasteiger partial charge on any atom is 0.184 e. The molecule has 0 radical (unpaired) electrons. The molecule has 18 heavy (non-hydrogen) atoms. The highest BCUT2D eigenvalue weighted by molar-refractivity contribution is 7.22. The standard InChI is InChI=1S/C14H13N3S/c1-10(11-6-4-5-9-15-11)16-14-17-12-7-2-3-8-13(12)18-14/h2-10H,1H3,(H,16,17). The minimum atomic E-state index is 0.159. The van der Waals surface area contributed by atoms with Crippen LogP contribution in [0, 0.1) is 0 Å². The van der Waals surface area contributed by atoms with E-state index in [1.54, 1.807) is 11.3 Å². The number of nitrogens with zero attached hydrogens (tertiary/aromatic N) is 2. The first kappa shape index (κ1) is 11.2. The molecule has 0 aliphatic rings. The number of pyridine rings is 1. The normalized spacial score (nSPS) is 12.5. The molecule has 0 saturated carbocycles. The van der Waals surface area contributed by atoms with Crippen LogP contribution in [0.15, 0.2) is 48.7 Å². The molecular weight excluding hydrogens is 242 g/mol. The summed E-state index contributed by atoms with van der Waals surface area (Å²) in [6.07, 6.45) is 1.81. The Hall–Kier alpha value is -1.94. The number of para-hydroxylation sites is 1. The molecule has 0 saturated heterocycles. The molecule has 0 aliphatic heterocycles. The first-order valence-corrected chi connectivity index (χ1v) is 6.67. The van der Waals surface area contributed by atoms with Crippen molar-refractivity contribution >= 4 is 26.7 Å². The van der Waals surface area contributed by atoms with E-state index in [1.165, 1.54) is 4.70 Å². The second-order valence-electron chi connectivity index (χ2n) is 4.11. The van der Waals surface area contributed by atoms with Crippen LogP contribution < -0.4 is 5.32 Å². The van der Waals surface area contributed by atoms with Crippen LogP contribution in [0.25, 0.3) is 10.2 Å². The van der Waals surface area contributed by atoms with Gasteiger partial charge < -0.3 is 5.32 Å². The monoisotopic (exact) mass is 255 g/mol. The Bertz CT molecular complexity index is 615. The van der Waals surface area contributed by atoms with E-state index in [2.05, 4.69) is 28.3 Å². The van der Waals surface area contributed by atoms with E-state index in [0.717, 1.165) is 16.3 Å². The van der Waals surface area contributed by atoms with Gasteiger partial charge in [-0.15, -0.1) is 0 Å². The van der Waals surface area contributed by atoms with Gasteiger partial charge in [-0.1, -0.05) is 29.5 Å². The molecule has 2 heterocycles. The maximum atomic E-state index is 4.56. The van der Waals surface area contributed by atoms with E-state index in [9.17, 15) is 0 Å². The van der Waals surface area contributed by atoms with Gasteiger partial charge in [0.1, 0.15) is 0 Å². The van der Waals surface area contributed by atoms with E-state index < -0.39 is 0 Å². The van der Waals surface area contributed by atoms with Crippen LogP contribution in [0.3, 0.4) is 0 Å². The Morgan fingerprint density at radius 2 is 1.94 bits per heavy atom. The van der Waals surface area contributed by atoms with Crippen molar-refractivity contribution < 1.29 is 0 Å². The Morgan fingerprint density at radius 3 is 2.72 bits per heavy atom. The number of aromatic nitrogens is 2. The predicted molar refractivity (Wildman–Crippen MR) is 75.9 cm³/mol. The topological polar surface area (TPSA) is 37.8 Å². The minimum absolute atomic E-state index is 0.159. The van der Waals surface area contributed by atoms with Crippen molar-refractivity contribution in [1.29, 1.82) is 0 Å². The van der Waals surface area contributed by atoms with Gasteiger partial charge in [0.15, 0.2) is 5.13 Å². The summed E-state index contributed by atoms with van der Waals surface area (Å²) in [6, 6.07) is 14.3. The molecule has 3 aromatic rings. The molecule has 0 bridgehead atoms. The number of anilines is 1. The Morgan fingerprint density at radius 1 is 1.11 bits per heavy atom. The van der Waals surface area contributed by atoms with Gasteiger partial charge in [0.2, 0.25) is 0 Å². The van der Waals surface area contributed by atoms with Crippen LogP contribution >= 0.6 is 11.3 Å². The number of nitrogens with one attached hydrogen (secondary N) is 1. The van der Waals surface area contributed by atoms with Gasteiger partial charge in [-0.3, -0.25) is 4.98 Å². The molecule has 90 valence electrons. The lowest BCUT2D eigenvalue weighted by Gasteiger charge is -2.11. The van der Waals surface area contributed by atoms with Gasteiger partial charge in [-0.05, 0) is 31.2 Å². The zero-order valence-corrected chi connectivity index (χ0v) is 10.8. The molecule has 0 spiro atoms. The van der Waals surface area contributed by atoms with Gasteiger partial charge in [0, 0.05) is 6.20 Å². The first-order chi connectivity index (χ1) is 8.83. The predicted octanol–water partition coefficient (Wildman–Crippen LogP) is 3.86. The molecule has 3 rings (SSSR count). The average Bonchev–Trinajstić information content (AvgIpc) is 2.82. The lowest BCUT2D eigenvalue weighted by Crippen LogP contribution is -2.07. The Balaban J connectivity index is 1.84. The fourth-order valence-corrected chi connectivity index (χ4v) is 2.78. The van der Waals surface area contributed by atoms with Gasteiger partial charge in [0.05, 0.1) is 22.0 Å². The first-order valence-electron chi connectivity index (χ1n) is 5.86. The summed E-state index contributed by atoms with van der Waals surface area (Å²) in [7, 11) is 0. The van der Waals surface area contributed by atoms with Gasteiger partial charge >= 0.3 is 0 Å². The number of thiazole rings is 1. The molecular formula is C14H13N3S. The molecule has 1 N–H and O–H groups in total. The SMILES string of the molecule is CC(Nc1nc2ccccc2s1)c1ccccn1. The van der Waals surface area contributed by atoms with Crippen LogP contribution in [0.1, 0.15) is 18.7 Å². The number of benzene rings is 1.